The molecule has 2 aliphatic heterocycles. The number of ether oxygens (including phenoxy) is 2. The Bertz CT molecular complexity index is 837. The zero-order valence-corrected chi connectivity index (χ0v) is 14.9. The van der Waals surface area contributed by atoms with E-state index in [0.717, 1.165) is 36.9 Å². The number of anilines is 1. The topological polar surface area (TPSA) is 69.3 Å². The van der Waals surface area contributed by atoms with Crippen molar-refractivity contribution in [3.05, 3.63) is 57.1 Å². The zero-order valence-electron chi connectivity index (χ0n) is 14.1. The summed E-state index contributed by atoms with van der Waals surface area (Å²) in [6.07, 6.45) is 0. The fourth-order valence-corrected chi connectivity index (χ4v) is 3.67. The Morgan fingerprint density at radius 2 is 1.88 bits per heavy atom. The van der Waals surface area contributed by atoms with Gasteiger partial charge in [-0.3, -0.25) is 10.1 Å². The summed E-state index contributed by atoms with van der Waals surface area (Å²) in [6, 6.07) is 11.1. The van der Waals surface area contributed by atoms with Gasteiger partial charge < -0.3 is 19.3 Å². The summed E-state index contributed by atoms with van der Waals surface area (Å²) >= 11 is 6.08. The van der Waals surface area contributed by atoms with Crippen LogP contribution in [0, 0.1) is 10.1 Å². The lowest BCUT2D eigenvalue weighted by Gasteiger charge is -2.33. The van der Waals surface area contributed by atoms with Crippen molar-refractivity contribution in [3.63, 3.8) is 0 Å². The van der Waals surface area contributed by atoms with Gasteiger partial charge in [-0.25, -0.2) is 0 Å². The average Bonchev–Trinajstić information content (AvgIpc) is 3.09. The first-order chi connectivity index (χ1) is 12.6. The first kappa shape index (κ1) is 16.9. The van der Waals surface area contributed by atoms with Crippen LogP contribution in [0.15, 0.2) is 36.4 Å². The zero-order chi connectivity index (χ0) is 18.1. The highest BCUT2D eigenvalue weighted by Gasteiger charge is 2.27. The van der Waals surface area contributed by atoms with E-state index < -0.39 is 0 Å². The van der Waals surface area contributed by atoms with Gasteiger partial charge in [0, 0.05) is 10.7 Å². The Morgan fingerprint density at radius 3 is 2.58 bits per heavy atom. The second-order valence-electron chi connectivity index (χ2n) is 6.48. The van der Waals surface area contributed by atoms with E-state index in [2.05, 4.69) is 11.0 Å². The van der Waals surface area contributed by atoms with E-state index in [4.69, 9.17) is 21.1 Å². The Morgan fingerprint density at radius 1 is 1.15 bits per heavy atom. The number of halogens is 1. The number of benzene rings is 2. The normalized spacial score (nSPS) is 16.7. The number of nitro benzene ring substituents is 1. The third kappa shape index (κ3) is 3.40. The maximum atomic E-state index is 11.4. The summed E-state index contributed by atoms with van der Waals surface area (Å²) < 4.78 is 10.6. The molecule has 2 aromatic carbocycles. The molecule has 0 bridgehead atoms. The van der Waals surface area contributed by atoms with Gasteiger partial charge in [0.25, 0.3) is 5.69 Å². The molecule has 0 saturated carbocycles. The van der Waals surface area contributed by atoms with E-state index >= 15 is 0 Å². The van der Waals surface area contributed by atoms with Gasteiger partial charge in [0.1, 0.15) is 6.54 Å². The van der Waals surface area contributed by atoms with Crippen LogP contribution >= 0.6 is 11.6 Å². The molecular formula is C18H19ClN3O4+. The number of hydrogen-bond acceptors (Lipinski definition) is 5. The van der Waals surface area contributed by atoms with E-state index in [-0.39, 0.29) is 17.4 Å². The molecule has 0 aromatic heterocycles. The highest BCUT2D eigenvalue weighted by molar-refractivity contribution is 6.30. The predicted octanol–water partition coefficient (Wildman–Crippen LogP) is 1.88. The quantitative estimate of drug-likeness (QED) is 0.651. The number of nitrogens with one attached hydrogen (secondary N) is 1. The molecule has 1 fully saturated rings. The first-order valence-corrected chi connectivity index (χ1v) is 8.89. The van der Waals surface area contributed by atoms with Crippen molar-refractivity contribution in [2.75, 3.05) is 37.9 Å². The number of fused-ring (bicyclic) bond motifs is 1. The van der Waals surface area contributed by atoms with Crippen molar-refractivity contribution in [1.82, 2.24) is 0 Å². The van der Waals surface area contributed by atoms with Gasteiger partial charge in [-0.1, -0.05) is 17.7 Å². The Kier molecular flexibility index (Phi) is 4.57. The minimum Gasteiger partial charge on any atom is -0.454 e. The molecule has 0 amide bonds. The average molecular weight is 377 g/mol. The lowest BCUT2D eigenvalue weighted by molar-refractivity contribution is -0.914. The van der Waals surface area contributed by atoms with E-state index in [1.54, 1.807) is 6.07 Å². The maximum Gasteiger partial charge on any atom is 0.282 e. The lowest BCUT2D eigenvalue weighted by atomic mass is 10.1. The van der Waals surface area contributed by atoms with Gasteiger partial charge in [-0.15, -0.1) is 0 Å². The standard InChI is InChI=1S/C18H18ClN3O4/c19-14-2-1-3-15(9-14)21-6-4-20(5-7-21)11-13-8-17-18(26-12-25-17)10-16(13)22(23)24/h1-3,8-10H,4-7,11-12H2/p+1. The summed E-state index contributed by atoms with van der Waals surface area (Å²) in [4.78, 5) is 14.7. The van der Waals surface area contributed by atoms with E-state index in [1.165, 1.54) is 11.0 Å². The Balaban J connectivity index is 1.45. The highest BCUT2D eigenvalue weighted by Crippen LogP contribution is 2.37. The molecule has 1 saturated heterocycles. The molecule has 0 atom stereocenters. The van der Waals surface area contributed by atoms with Gasteiger partial charge in [0.2, 0.25) is 6.79 Å². The minimum atomic E-state index is -0.348. The summed E-state index contributed by atoms with van der Waals surface area (Å²) in [7, 11) is 0. The fraction of sp³-hybridized carbons (Fsp3) is 0.333. The van der Waals surface area contributed by atoms with Crippen LogP contribution in [0.2, 0.25) is 5.02 Å². The monoisotopic (exact) mass is 376 g/mol. The van der Waals surface area contributed by atoms with Crippen LogP contribution in [0.3, 0.4) is 0 Å². The molecule has 2 aromatic rings. The second kappa shape index (κ2) is 7.01. The van der Waals surface area contributed by atoms with E-state index in [0.29, 0.717) is 23.6 Å². The number of nitrogens with zero attached hydrogens (tertiary/aromatic N) is 2. The van der Waals surface area contributed by atoms with Gasteiger partial charge in [0.15, 0.2) is 11.5 Å². The van der Waals surface area contributed by atoms with Crippen molar-refractivity contribution < 1.29 is 19.3 Å². The second-order valence-corrected chi connectivity index (χ2v) is 6.92. The molecule has 4 rings (SSSR count). The summed E-state index contributed by atoms with van der Waals surface area (Å²) in [6.45, 7) is 4.27. The van der Waals surface area contributed by atoms with Crippen LogP contribution in [0.4, 0.5) is 11.4 Å². The SMILES string of the molecule is O=[N+]([O-])c1cc2c(cc1C[NH+]1CCN(c3cccc(Cl)c3)CC1)OCO2. The third-order valence-electron chi connectivity index (χ3n) is 4.85. The van der Waals surface area contributed by atoms with Gasteiger partial charge in [0.05, 0.1) is 42.7 Å². The van der Waals surface area contributed by atoms with Crippen molar-refractivity contribution in [3.8, 4) is 11.5 Å². The molecule has 1 N–H and O–H groups in total. The van der Waals surface area contributed by atoms with Crippen LogP contribution in [0.1, 0.15) is 5.56 Å². The maximum absolute atomic E-state index is 11.4. The Hall–Kier alpha value is -2.51. The van der Waals surface area contributed by atoms with Crippen molar-refractivity contribution in [2.24, 2.45) is 0 Å². The smallest absolute Gasteiger partial charge is 0.282 e. The van der Waals surface area contributed by atoms with Gasteiger partial charge in [-0.2, -0.15) is 0 Å². The summed E-state index contributed by atoms with van der Waals surface area (Å²) in [5, 5.41) is 12.1. The molecule has 0 spiro atoms. The molecule has 136 valence electrons. The van der Waals surface area contributed by atoms with Crippen LogP contribution in [-0.4, -0.2) is 37.9 Å². The third-order valence-corrected chi connectivity index (χ3v) is 5.09. The largest absolute Gasteiger partial charge is 0.454 e. The minimum absolute atomic E-state index is 0.0963. The highest BCUT2D eigenvalue weighted by atomic mass is 35.5. The molecule has 8 heteroatoms. The predicted molar refractivity (Wildman–Crippen MR) is 97.3 cm³/mol. The molecule has 7 nitrogen and oxygen atoms in total. The molecule has 2 aliphatic rings. The molecule has 26 heavy (non-hydrogen) atoms. The van der Waals surface area contributed by atoms with E-state index in [9.17, 15) is 10.1 Å². The molecule has 0 aliphatic carbocycles. The summed E-state index contributed by atoms with van der Waals surface area (Å²) in [5.74, 6) is 1.03. The number of nitro groups is 1. The van der Waals surface area contributed by atoms with Gasteiger partial charge >= 0.3 is 0 Å². The van der Waals surface area contributed by atoms with Crippen LogP contribution in [-0.2, 0) is 6.54 Å². The number of quaternary nitrogens is 1. The van der Waals surface area contributed by atoms with Crippen molar-refractivity contribution >= 4 is 23.0 Å². The number of hydrogen-bond donors (Lipinski definition) is 1. The van der Waals surface area contributed by atoms with Crippen LogP contribution in [0.25, 0.3) is 0 Å². The summed E-state index contributed by atoms with van der Waals surface area (Å²) in [5.41, 5.74) is 1.90. The van der Waals surface area contributed by atoms with Crippen molar-refractivity contribution in [2.45, 2.75) is 6.54 Å². The number of piperazine rings is 1. The van der Waals surface area contributed by atoms with Gasteiger partial charge in [-0.05, 0) is 24.3 Å². The number of rotatable bonds is 4. The van der Waals surface area contributed by atoms with Crippen molar-refractivity contribution in [1.29, 1.82) is 0 Å². The van der Waals surface area contributed by atoms with Crippen LogP contribution in [0.5, 0.6) is 11.5 Å². The molecule has 0 radical (unpaired) electrons. The Labute approximate surface area is 155 Å². The fourth-order valence-electron chi connectivity index (χ4n) is 3.48. The first-order valence-electron chi connectivity index (χ1n) is 8.51. The molecule has 2 heterocycles. The lowest BCUT2D eigenvalue weighted by Crippen LogP contribution is -3.13. The van der Waals surface area contributed by atoms with Crippen LogP contribution < -0.4 is 19.3 Å². The molecular weight excluding hydrogens is 358 g/mol. The van der Waals surface area contributed by atoms with E-state index in [1.807, 2.05) is 18.2 Å². The molecule has 0 unspecified atom stereocenters.